The summed E-state index contributed by atoms with van der Waals surface area (Å²) in [6.45, 7) is 2.08. The number of sulfonamides is 2. The quantitative estimate of drug-likeness (QED) is 0.465. The number of carbonyl (C=O) groups is 1. The number of hydrogen-bond acceptors (Lipinski definition) is 7. The molecular weight excluding hydrogens is 525 g/mol. The highest BCUT2D eigenvalue weighted by Gasteiger charge is 2.33. The summed E-state index contributed by atoms with van der Waals surface area (Å²) >= 11 is 0. The van der Waals surface area contributed by atoms with Crippen molar-refractivity contribution in [3.63, 3.8) is 0 Å². The summed E-state index contributed by atoms with van der Waals surface area (Å²) in [6.07, 6.45) is 1.09. The van der Waals surface area contributed by atoms with Crippen LogP contribution in [0.4, 0.5) is 4.39 Å². The smallest absolute Gasteiger partial charge is 0.243 e. The third kappa shape index (κ3) is 6.65. The molecule has 1 N–H and O–H groups in total. The molecule has 2 heterocycles. The molecule has 202 valence electrons. The molecular formula is C24H30FN3O7S2. The molecule has 2 saturated heterocycles. The van der Waals surface area contributed by atoms with Crippen molar-refractivity contribution in [2.75, 3.05) is 52.5 Å². The predicted molar refractivity (Wildman–Crippen MR) is 132 cm³/mol. The zero-order chi connectivity index (χ0) is 26.5. The molecule has 1 amide bonds. The number of nitrogens with one attached hydrogen (secondary N) is 1. The normalized spacial score (nSPS) is 19.9. The van der Waals surface area contributed by atoms with E-state index in [1.165, 1.54) is 32.9 Å². The van der Waals surface area contributed by atoms with E-state index in [9.17, 15) is 26.0 Å². The first kappa shape index (κ1) is 27.5. The summed E-state index contributed by atoms with van der Waals surface area (Å²) in [4.78, 5) is 12.8. The third-order valence-electron chi connectivity index (χ3n) is 6.31. The summed E-state index contributed by atoms with van der Waals surface area (Å²) in [5.74, 6) is -0.835. The highest BCUT2D eigenvalue weighted by Crippen LogP contribution is 2.24. The number of rotatable bonds is 9. The Morgan fingerprint density at radius 1 is 0.919 bits per heavy atom. The topological polar surface area (TPSA) is 122 Å². The number of nitrogens with zero attached hydrogens (tertiary/aromatic N) is 2. The molecule has 0 aromatic heterocycles. The molecule has 13 heteroatoms. The number of morpholine rings is 1. The first-order valence-corrected chi connectivity index (χ1v) is 14.9. The van der Waals surface area contributed by atoms with Crippen molar-refractivity contribution in [2.45, 2.75) is 22.6 Å². The lowest BCUT2D eigenvalue weighted by molar-refractivity contribution is -0.126. The van der Waals surface area contributed by atoms with Crippen molar-refractivity contribution in [1.82, 2.24) is 13.9 Å². The Kier molecular flexibility index (Phi) is 8.80. The molecule has 0 spiro atoms. The summed E-state index contributed by atoms with van der Waals surface area (Å²) in [5, 5.41) is 2.77. The van der Waals surface area contributed by atoms with Crippen LogP contribution in [0.25, 0.3) is 0 Å². The minimum absolute atomic E-state index is 0.00729. The fourth-order valence-corrected chi connectivity index (χ4v) is 7.19. The highest BCUT2D eigenvalue weighted by molar-refractivity contribution is 7.89. The minimum Gasteiger partial charge on any atom is -0.492 e. The number of ether oxygens (including phenoxy) is 2. The van der Waals surface area contributed by atoms with Gasteiger partial charge in [-0.1, -0.05) is 0 Å². The number of carbonyl (C=O) groups excluding carboxylic acids is 1. The van der Waals surface area contributed by atoms with Gasteiger partial charge in [-0.2, -0.15) is 8.61 Å². The van der Waals surface area contributed by atoms with Crippen molar-refractivity contribution in [2.24, 2.45) is 5.92 Å². The number of amides is 1. The van der Waals surface area contributed by atoms with Crippen LogP contribution < -0.4 is 10.1 Å². The molecule has 37 heavy (non-hydrogen) atoms. The standard InChI is InChI=1S/C24H30FN3O7S2/c25-20-3-7-22(8-4-20)37(32,33)28-12-1-2-19(18-28)24(29)26-11-15-35-21-5-9-23(10-6-21)36(30,31)27-13-16-34-17-14-27/h3-10,19H,1-2,11-18H2,(H,26,29). The van der Waals surface area contributed by atoms with E-state index in [-0.39, 0.29) is 35.4 Å². The van der Waals surface area contributed by atoms with E-state index in [2.05, 4.69) is 5.32 Å². The molecule has 4 rings (SSSR count). The fourth-order valence-electron chi connectivity index (χ4n) is 4.26. The molecule has 2 aromatic carbocycles. The van der Waals surface area contributed by atoms with Gasteiger partial charge in [-0.3, -0.25) is 4.79 Å². The van der Waals surface area contributed by atoms with Crippen molar-refractivity contribution in [3.05, 3.63) is 54.3 Å². The van der Waals surface area contributed by atoms with Gasteiger partial charge in [0.1, 0.15) is 18.2 Å². The lowest BCUT2D eigenvalue weighted by Gasteiger charge is -2.31. The monoisotopic (exact) mass is 555 g/mol. The van der Waals surface area contributed by atoms with E-state index in [0.717, 1.165) is 12.1 Å². The van der Waals surface area contributed by atoms with Crippen LogP contribution in [0, 0.1) is 11.7 Å². The van der Waals surface area contributed by atoms with E-state index in [1.54, 1.807) is 12.1 Å². The average Bonchev–Trinajstić information content (AvgIpc) is 2.92. The lowest BCUT2D eigenvalue weighted by atomic mass is 9.99. The van der Waals surface area contributed by atoms with Crippen LogP contribution >= 0.6 is 0 Å². The van der Waals surface area contributed by atoms with Gasteiger partial charge in [-0.15, -0.1) is 0 Å². The van der Waals surface area contributed by atoms with Gasteiger partial charge < -0.3 is 14.8 Å². The van der Waals surface area contributed by atoms with Crippen molar-refractivity contribution >= 4 is 26.0 Å². The molecule has 1 unspecified atom stereocenters. The summed E-state index contributed by atoms with van der Waals surface area (Å²) < 4.78 is 77.8. The summed E-state index contributed by atoms with van der Waals surface area (Å²) in [5.41, 5.74) is 0. The Hall–Kier alpha value is -2.58. The van der Waals surface area contributed by atoms with Gasteiger partial charge in [-0.25, -0.2) is 21.2 Å². The third-order valence-corrected chi connectivity index (χ3v) is 10.1. The molecule has 1 atom stereocenters. The van der Waals surface area contributed by atoms with Crippen LogP contribution in [-0.2, 0) is 29.6 Å². The molecule has 2 fully saturated rings. The maximum Gasteiger partial charge on any atom is 0.243 e. The zero-order valence-electron chi connectivity index (χ0n) is 20.2. The first-order chi connectivity index (χ1) is 17.7. The molecule has 0 saturated carbocycles. The van der Waals surface area contributed by atoms with Crippen LogP contribution in [0.15, 0.2) is 58.3 Å². The van der Waals surface area contributed by atoms with Gasteiger partial charge in [0, 0.05) is 26.2 Å². The summed E-state index contributed by atoms with van der Waals surface area (Å²) in [7, 11) is -7.40. The Bertz CT molecular complexity index is 1280. The molecule has 2 aromatic rings. The molecule has 0 radical (unpaired) electrons. The molecule has 10 nitrogen and oxygen atoms in total. The van der Waals surface area contributed by atoms with Gasteiger partial charge in [-0.05, 0) is 61.4 Å². The molecule has 0 bridgehead atoms. The Labute approximate surface area is 216 Å². The van der Waals surface area contributed by atoms with E-state index in [1.807, 2.05) is 0 Å². The molecule has 0 aliphatic carbocycles. The number of hydrogen-bond donors (Lipinski definition) is 1. The average molecular weight is 556 g/mol. The van der Waals surface area contributed by atoms with Crippen LogP contribution in [0.1, 0.15) is 12.8 Å². The van der Waals surface area contributed by atoms with E-state index < -0.39 is 31.8 Å². The second-order valence-corrected chi connectivity index (χ2v) is 12.7. The lowest BCUT2D eigenvalue weighted by Crippen LogP contribution is -2.45. The van der Waals surface area contributed by atoms with Gasteiger partial charge in [0.05, 0.1) is 35.5 Å². The number of halogens is 1. The largest absolute Gasteiger partial charge is 0.492 e. The fraction of sp³-hybridized carbons (Fsp3) is 0.458. The zero-order valence-corrected chi connectivity index (χ0v) is 21.8. The SMILES string of the molecule is O=C(NCCOc1ccc(S(=O)(=O)N2CCOCC2)cc1)C1CCCN(S(=O)(=O)c2ccc(F)cc2)C1. The van der Waals surface area contributed by atoms with Crippen LogP contribution in [0.3, 0.4) is 0 Å². The second-order valence-electron chi connectivity index (χ2n) is 8.78. The maximum absolute atomic E-state index is 13.2. The van der Waals surface area contributed by atoms with Crippen molar-refractivity contribution in [3.8, 4) is 5.75 Å². The Morgan fingerprint density at radius 2 is 1.51 bits per heavy atom. The van der Waals surface area contributed by atoms with Crippen molar-refractivity contribution < 1.29 is 35.5 Å². The first-order valence-electron chi connectivity index (χ1n) is 12.0. The van der Waals surface area contributed by atoms with Crippen LogP contribution in [-0.4, -0.2) is 83.9 Å². The minimum atomic E-state index is -3.82. The van der Waals surface area contributed by atoms with Gasteiger partial charge in [0.15, 0.2) is 0 Å². The van der Waals surface area contributed by atoms with E-state index in [4.69, 9.17) is 9.47 Å². The predicted octanol–water partition coefficient (Wildman–Crippen LogP) is 1.44. The van der Waals surface area contributed by atoms with Gasteiger partial charge in [0.25, 0.3) is 0 Å². The Morgan fingerprint density at radius 3 is 2.16 bits per heavy atom. The second kappa shape index (κ2) is 11.9. The van der Waals surface area contributed by atoms with E-state index >= 15 is 0 Å². The number of benzene rings is 2. The maximum atomic E-state index is 13.2. The highest BCUT2D eigenvalue weighted by atomic mass is 32.2. The van der Waals surface area contributed by atoms with Crippen LogP contribution in [0.2, 0.25) is 0 Å². The Balaban J connectivity index is 1.24. The summed E-state index contributed by atoms with van der Waals surface area (Å²) in [6, 6.07) is 10.7. The van der Waals surface area contributed by atoms with Crippen molar-refractivity contribution in [1.29, 1.82) is 0 Å². The molecule has 2 aliphatic rings. The van der Waals surface area contributed by atoms with Crippen LogP contribution in [0.5, 0.6) is 5.75 Å². The number of piperidine rings is 1. The van der Waals surface area contributed by atoms with E-state index in [0.29, 0.717) is 51.4 Å². The van der Waals surface area contributed by atoms with Gasteiger partial charge in [0.2, 0.25) is 26.0 Å². The molecule has 2 aliphatic heterocycles. The van der Waals surface area contributed by atoms with Gasteiger partial charge >= 0.3 is 0 Å².